The monoisotopic (exact) mass is 158 g/mol. The maximum absolute atomic E-state index is 11.1. The molecule has 1 atom stereocenters. The zero-order valence-corrected chi connectivity index (χ0v) is 7.85. The number of Topliss-reactive ketones (excluding diaryl/α,β-unsaturated/α-hetero) is 1. The Bertz CT molecular complexity index is 133. The van der Waals surface area contributed by atoms with E-state index in [-0.39, 0.29) is 11.7 Å². The number of hydrogen-bond donors (Lipinski definition) is 1. The molecule has 0 aromatic carbocycles. The lowest BCUT2D eigenvalue weighted by molar-refractivity contribution is -0.123. The molecule has 0 rings (SSSR count). The van der Waals surface area contributed by atoms with Gasteiger partial charge < -0.3 is 5.11 Å². The van der Waals surface area contributed by atoms with Gasteiger partial charge in [0.15, 0.2) is 0 Å². The predicted molar refractivity (Wildman–Crippen MR) is 45.4 cm³/mol. The maximum atomic E-state index is 11.1. The molecule has 0 aliphatic carbocycles. The highest BCUT2D eigenvalue weighted by molar-refractivity contribution is 5.80. The predicted octanol–water partition coefficient (Wildman–Crippen LogP) is 1.76. The summed E-state index contributed by atoms with van der Waals surface area (Å²) in [6, 6.07) is 0. The molecule has 0 fully saturated rings. The second-order valence-electron chi connectivity index (χ2n) is 3.74. The van der Waals surface area contributed by atoms with Gasteiger partial charge in [-0.05, 0) is 20.3 Å². The molecular formula is C9H18O2. The molecule has 1 N–H and O–H groups in total. The Balaban J connectivity index is 3.87. The van der Waals surface area contributed by atoms with Gasteiger partial charge in [0.2, 0.25) is 0 Å². The average Bonchev–Trinajstić information content (AvgIpc) is 1.82. The van der Waals surface area contributed by atoms with E-state index in [2.05, 4.69) is 0 Å². The molecule has 11 heavy (non-hydrogen) atoms. The fourth-order valence-corrected chi connectivity index (χ4v) is 1.21. The van der Waals surface area contributed by atoms with Crippen LogP contribution in [0.5, 0.6) is 0 Å². The van der Waals surface area contributed by atoms with Gasteiger partial charge in [0, 0.05) is 12.3 Å². The van der Waals surface area contributed by atoms with Gasteiger partial charge in [-0.15, -0.1) is 0 Å². The minimum atomic E-state index is -0.718. The zero-order chi connectivity index (χ0) is 9.07. The van der Waals surface area contributed by atoms with Crippen molar-refractivity contribution in [1.82, 2.24) is 0 Å². The molecule has 2 heteroatoms. The van der Waals surface area contributed by atoms with E-state index in [1.807, 2.05) is 13.8 Å². The number of carbonyl (C=O) groups is 1. The molecule has 0 aliphatic rings. The van der Waals surface area contributed by atoms with Crippen molar-refractivity contribution in [3.05, 3.63) is 0 Å². The minimum absolute atomic E-state index is 0.0139. The van der Waals surface area contributed by atoms with Crippen molar-refractivity contribution < 1.29 is 9.90 Å². The summed E-state index contributed by atoms with van der Waals surface area (Å²) in [4.78, 5) is 11.1. The molecule has 2 nitrogen and oxygen atoms in total. The molecule has 0 spiro atoms. The largest absolute Gasteiger partial charge is 0.390 e. The van der Waals surface area contributed by atoms with Gasteiger partial charge in [-0.2, -0.15) is 0 Å². The Labute approximate surface area is 68.6 Å². The SMILES string of the molecule is CCC(=O)C(C)CC(C)(C)O. The third-order valence-electron chi connectivity index (χ3n) is 1.70. The topological polar surface area (TPSA) is 37.3 Å². The lowest BCUT2D eigenvalue weighted by Crippen LogP contribution is -2.25. The molecule has 66 valence electrons. The van der Waals surface area contributed by atoms with Gasteiger partial charge in [0.25, 0.3) is 0 Å². The summed E-state index contributed by atoms with van der Waals surface area (Å²) in [5.74, 6) is 0.215. The van der Waals surface area contributed by atoms with Crippen LogP contribution < -0.4 is 0 Å². The fraction of sp³-hybridized carbons (Fsp3) is 0.889. The van der Waals surface area contributed by atoms with Crippen molar-refractivity contribution in [3.63, 3.8) is 0 Å². The summed E-state index contributed by atoms with van der Waals surface area (Å²) < 4.78 is 0. The lowest BCUT2D eigenvalue weighted by Gasteiger charge is -2.20. The first kappa shape index (κ1) is 10.6. The molecule has 0 bridgehead atoms. The summed E-state index contributed by atoms with van der Waals surface area (Å²) in [6.45, 7) is 7.17. The Morgan fingerprint density at radius 1 is 1.55 bits per heavy atom. The lowest BCUT2D eigenvalue weighted by atomic mass is 9.91. The third kappa shape index (κ3) is 4.96. The molecule has 0 amide bonds. The first-order valence-electron chi connectivity index (χ1n) is 4.12. The van der Waals surface area contributed by atoms with Gasteiger partial charge in [-0.25, -0.2) is 0 Å². The highest BCUT2D eigenvalue weighted by atomic mass is 16.3. The molecule has 0 aromatic rings. The second-order valence-corrected chi connectivity index (χ2v) is 3.74. The number of rotatable bonds is 4. The first-order valence-corrected chi connectivity index (χ1v) is 4.12. The standard InChI is InChI=1S/C9H18O2/c1-5-8(10)7(2)6-9(3,4)11/h7,11H,5-6H2,1-4H3. The molecule has 0 saturated carbocycles. The molecule has 0 radical (unpaired) electrons. The van der Waals surface area contributed by atoms with E-state index in [0.717, 1.165) is 0 Å². The van der Waals surface area contributed by atoms with Crippen molar-refractivity contribution in [2.24, 2.45) is 5.92 Å². The Morgan fingerprint density at radius 3 is 2.27 bits per heavy atom. The summed E-state index contributed by atoms with van der Waals surface area (Å²) in [7, 11) is 0. The highest BCUT2D eigenvalue weighted by Gasteiger charge is 2.20. The van der Waals surface area contributed by atoms with Crippen LogP contribution in [-0.4, -0.2) is 16.5 Å². The van der Waals surface area contributed by atoms with Crippen LogP contribution in [0.4, 0.5) is 0 Å². The quantitative estimate of drug-likeness (QED) is 0.677. The van der Waals surface area contributed by atoms with Gasteiger partial charge in [-0.3, -0.25) is 4.79 Å². The summed E-state index contributed by atoms with van der Waals surface area (Å²) in [6.07, 6.45) is 1.12. The summed E-state index contributed by atoms with van der Waals surface area (Å²) in [5, 5.41) is 9.38. The van der Waals surface area contributed by atoms with Crippen molar-refractivity contribution >= 4 is 5.78 Å². The van der Waals surface area contributed by atoms with E-state index in [0.29, 0.717) is 12.8 Å². The maximum Gasteiger partial charge on any atom is 0.135 e. The minimum Gasteiger partial charge on any atom is -0.390 e. The second kappa shape index (κ2) is 3.86. The number of hydrogen-bond acceptors (Lipinski definition) is 2. The van der Waals surface area contributed by atoms with Crippen LogP contribution in [0.3, 0.4) is 0 Å². The van der Waals surface area contributed by atoms with Crippen LogP contribution in [0.2, 0.25) is 0 Å². The Kier molecular flexibility index (Phi) is 3.73. The highest BCUT2D eigenvalue weighted by Crippen LogP contribution is 2.16. The van der Waals surface area contributed by atoms with Crippen molar-refractivity contribution in [1.29, 1.82) is 0 Å². The van der Waals surface area contributed by atoms with Gasteiger partial charge in [0.05, 0.1) is 5.60 Å². The first-order chi connectivity index (χ1) is 4.87. The van der Waals surface area contributed by atoms with E-state index in [1.165, 1.54) is 0 Å². The summed E-state index contributed by atoms with van der Waals surface area (Å²) in [5.41, 5.74) is -0.718. The average molecular weight is 158 g/mol. The summed E-state index contributed by atoms with van der Waals surface area (Å²) >= 11 is 0. The van der Waals surface area contributed by atoms with Crippen molar-refractivity contribution in [2.75, 3.05) is 0 Å². The molecule has 0 aromatic heterocycles. The van der Waals surface area contributed by atoms with Crippen LogP contribution >= 0.6 is 0 Å². The fourth-order valence-electron chi connectivity index (χ4n) is 1.21. The van der Waals surface area contributed by atoms with Crippen LogP contribution in [0.15, 0.2) is 0 Å². The van der Waals surface area contributed by atoms with E-state index in [4.69, 9.17) is 0 Å². The Morgan fingerprint density at radius 2 is 2.00 bits per heavy atom. The van der Waals surface area contributed by atoms with Crippen LogP contribution in [0.1, 0.15) is 40.5 Å². The van der Waals surface area contributed by atoms with Gasteiger partial charge in [-0.1, -0.05) is 13.8 Å². The molecular weight excluding hydrogens is 140 g/mol. The van der Waals surface area contributed by atoms with Crippen LogP contribution in [0, 0.1) is 5.92 Å². The van der Waals surface area contributed by atoms with E-state index in [1.54, 1.807) is 13.8 Å². The normalized spacial score (nSPS) is 14.6. The third-order valence-corrected chi connectivity index (χ3v) is 1.70. The van der Waals surface area contributed by atoms with E-state index in [9.17, 15) is 9.90 Å². The molecule has 0 saturated heterocycles. The Hall–Kier alpha value is -0.370. The van der Waals surface area contributed by atoms with E-state index < -0.39 is 5.60 Å². The molecule has 0 aliphatic heterocycles. The van der Waals surface area contributed by atoms with Gasteiger partial charge >= 0.3 is 0 Å². The van der Waals surface area contributed by atoms with Crippen molar-refractivity contribution in [2.45, 2.75) is 46.1 Å². The van der Waals surface area contributed by atoms with Crippen LogP contribution in [-0.2, 0) is 4.79 Å². The van der Waals surface area contributed by atoms with Crippen LogP contribution in [0.25, 0.3) is 0 Å². The van der Waals surface area contributed by atoms with E-state index >= 15 is 0 Å². The number of carbonyl (C=O) groups excluding carboxylic acids is 1. The molecule has 1 unspecified atom stereocenters. The van der Waals surface area contributed by atoms with Gasteiger partial charge in [0.1, 0.15) is 5.78 Å². The molecule has 0 heterocycles. The number of ketones is 1. The van der Waals surface area contributed by atoms with Crippen molar-refractivity contribution in [3.8, 4) is 0 Å². The zero-order valence-electron chi connectivity index (χ0n) is 7.85. The number of aliphatic hydroxyl groups is 1. The smallest absolute Gasteiger partial charge is 0.135 e.